The Morgan fingerprint density at radius 3 is 2.24 bits per heavy atom. The number of hydrogen-bond donors (Lipinski definition) is 0. The van der Waals surface area contributed by atoms with Crippen molar-refractivity contribution in [2.45, 2.75) is 37.5 Å². The molecule has 5 heteroatoms. The lowest BCUT2D eigenvalue weighted by atomic mass is 10.1. The molecule has 1 heterocycles. The van der Waals surface area contributed by atoms with Gasteiger partial charge in [-0.3, -0.25) is 4.79 Å². The Bertz CT molecular complexity index is 694. The van der Waals surface area contributed by atoms with Gasteiger partial charge < -0.3 is 0 Å². The number of nitrogens with zero attached hydrogens (tertiary/aromatic N) is 1. The van der Waals surface area contributed by atoms with Gasteiger partial charge in [-0.25, -0.2) is 8.42 Å². The Labute approximate surface area is 125 Å². The molecule has 1 aromatic rings. The Morgan fingerprint density at radius 1 is 1.00 bits per heavy atom. The first kappa shape index (κ1) is 14.5. The summed E-state index contributed by atoms with van der Waals surface area (Å²) < 4.78 is 26.5. The van der Waals surface area contributed by atoms with Crippen molar-refractivity contribution in [1.82, 2.24) is 4.31 Å². The summed E-state index contributed by atoms with van der Waals surface area (Å²) in [6, 6.07) is 6.77. The minimum Gasteiger partial charge on any atom is -0.293 e. The summed E-state index contributed by atoms with van der Waals surface area (Å²) in [5, 5.41) is 0. The molecule has 0 radical (unpaired) electrons. The molecule has 0 N–H and O–H groups in total. The number of carbonyl (C=O) groups is 1. The highest BCUT2D eigenvalue weighted by Gasteiger charge is 2.36. The van der Waals surface area contributed by atoms with E-state index in [1.165, 1.54) is 9.88 Å². The second-order valence-corrected chi connectivity index (χ2v) is 7.74. The topological polar surface area (TPSA) is 54.5 Å². The summed E-state index contributed by atoms with van der Waals surface area (Å²) in [5.74, 6) is -0.0254. The largest absolute Gasteiger partial charge is 0.293 e. The lowest BCUT2D eigenvalue weighted by Crippen LogP contribution is -2.29. The van der Waals surface area contributed by atoms with Gasteiger partial charge in [0.1, 0.15) is 0 Å². The smallest absolute Gasteiger partial charge is 0.243 e. The Kier molecular flexibility index (Phi) is 3.71. The van der Waals surface area contributed by atoms with E-state index in [4.69, 9.17) is 0 Å². The van der Waals surface area contributed by atoms with Crippen LogP contribution in [0, 0.1) is 6.92 Å². The number of Topliss-reactive ketones (excluding diaryl/α,β-unsaturated/α-hetero) is 1. The summed E-state index contributed by atoms with van der Waals surface area (Å²) in [4.78, 5) is 12.4. The number of ketones is 1. The van der Waals surface area contributed by atoms with Crippen LogP contribution in [0.1, 0.15) is 31.2 Å². The van der Waals surface area contributed by atoms with Crippen LogP contribution in [0.4, 0.5) is 0 Å². The summed E-state index contributed by atoms with van der Waals surface area (Å²) in [5.41, 5.74) is 2.92. The van der Waals surface area contributed by atoms with Crippen LogP contribution in [0.25, 0.3) is 0 Å². The van der Waals surface area contributed by atoms with E-state index in [0.29, 0.717) is 0 Å². The first-order valence-corrected chi connectivity index (χ1v) is 8.73. The van der Waals surface area contributed by atoms with Gasteiger partial charge in [-0.2, -0.15) is 4.31 Å². The van der Waals surface area contributed by atoms with Crippen LogP contribution in [-0.4, -0.2) is 31.6 Å². The molecule has 0 unspecified atom stereocenters. The van der Waals surface area contributed by atoms with E-state index in [-0.39, 0.29) is 23.8 Å². The minimum atomic E-state index is -3.57. The molecule has 0 spiro atoms. The van der Waals surface area contributed by atoms with Crippen LogP contribution < -0.4 is 0 Å². The molecular weight excluding hydrogens is 286 g/mol. The fourth-order valence-electron chi connectivity index (χ4n) is 3.02. The van der Waals surface area contributed by atoms with Crippen LogP contribution in [0.5, 0.6) is 0 Å². The predicted molar refractivity (Wildman–Crippen MR) is 80.4 cm³/mol. The monoisotopic (exact) mass is 305 g/mol. The van der Waals surface area contributed by atoms with Crippen LogP contribution in [0.2, 0.25) is 0 Å². The number of aryl methyl sites for hydroxylation is 1. The highest BCUT2D eigenvalue weighted by atomic mass is 32.2. The molecule has 0 aromatic heterocycles. The van der Waals surface area contributed by atoms with E-state index in [2.05, 4.69) is 0 Å². The standard InChI is InChI=1S/C16H19NO3S/c1-12-6-8-14(9-7-12)21(19,20)17-10-15(16(18)11-17)13-4-2-3-5-13/h6-9H,2-5,10-11H2,1H3. The number of hydrogen-bond acceptors (Lipinski definition) is 3. The van der Waals surface area contributed by atoms with Crippen molar-refractivity contribution in [3.05, 3.63) is 41.0 Å². The van der Waals surface area contributed by atoms with Crippen molar-refractivity contribution in [2.24, 2.45) is 0 Å². The average Bonchev–Trinajstić information content (AvgIpc) is 3.08. The molecule has 2 aliphatic rings. The fourth-order valence-corrected chi connectivity index (χ4v) is 4.38. The third-order valence-corrected chi connectivity index (χ3v) is 6.09. The van der Waals surface area contributed by atoms with Gasteiger partial charge in [-0.05, 0) is 44.7 Å². The maximum absolute atomic E-state index is 12.6. The molecule has 4 nitrogen and oxygen atoms in total. The lowest BCUT2D eigenvalue weighted by Gasteiger charge is -2.14. The third kappa shape index (κ3) is 2.68. The van der Waals surface area contributed by atoms with Gasteiger partial charge in [0.2, 0.25) is 10.0 Å². The SMILES string of the molecule is Cc1ccc(S(=O)(=O)N2CC(=O)C(=C3CCCC3)C2)cc1. The van der Waals surface area contributed by atoms with Crippen molar-refractivity contribution in [2.75, 3.05) is 13.1 Å². The van der Waals surface area contributed by atoms with Crippen LogP contribution in [0.15, 0.2) is 40.3 Å². The number of sulfonamides is 1. The molecule has 1 aliphatic carbocycles. The molecular formula is C16H19NO3S. The second-order valence-electron chi connectivity index (χ2n) is 5.80. The first-order chi connectivity index (χ1) is 9.98. The highest BCUT2D eigenvalue weighted by Crippen LogP contribution is 2.31. The molecule has 2 fully saturated rings. The van der Waals surface area contributed by atoms with Crippen molar-refractivity contribution >= 4 is 15.8 Å². The van der Waals surface area contributed by atoms with E-state index in [9.17, 15) is 13.2 Å². The van der Waals surface area contributed by atoms with Gasteiger partial charge in [0, 0.05) is 12.1 Å². The van der Waals surface area contributed by atoms with E-state index in [0.717, 1.165) is 36.8 Å². The fraction of sp³-hybridized carbons (Fsp3) is 0.438. The number of carbonyl (C=O) groups excluding carboxylic acids is 1. The Balaban J connectivity index is 1.89. The van der Waals surface area contributed by atoms with E-state index in [1.807, 2.05) is 6.92 Å². The first-order valence-electron chi connectivity index (χ1n) is 7.29. The van der Waals surface area contributed by atoms with Gasteiger partial charge in [0.05, 0.1) is 11.4 Å². The highest BCUT2D eigenvalue weighted by molar-refractivity contribution is 7.89. The molecule has 1 saturated carbocycles. The Hall–Kier alpha value is -1.46. The van der Waals surface area contributed by atoms with Crippen LogP contribution in [-0.2, 0) is 14.8 Å². The van der Waals surface area contributed by atoms with E-state index in [1.54, 1.807) is 24.3 Å². The molecule has 3 rings (SSSR count). The van der Waals surface area contributed by atoms with Gasteiger partial charge in [-0.1, -0.05) is 23.3 Å². The zero-order chi connectivity index (χ0) is 15.0. The predicted octanol–water partition coefficient (Wildman–Crippen LogP) is 2.44. The van der Waals surface area contributed by atoms with Crippen LogP contribution in [0.3, 0.4) is 0 Å². The maximum Gasteiger partial charge on any atom is 0.243 e. The number of benzene rings is 1. The van der Waals surface area contributed by atoms with Gasteiger partial charge in [0.15, 0.2) is 5.78 Å². The van der Waals surface area contributed by atoms with Crippen molar-refractivity contribution in [3.63, 3.8) is 0 Å². The normalized spacial score (nSPS) is 20.5. The van der Waals surface area contributed by atoms with Crippen molar-refractivity contribution in [1.29, 1.82) is 0 Å². The molecule has 0 bridgehead atoms. The maximum atomic E-state index is 12.6. The van der Waals surface area contributed by atoms with Gasteiger partial charge in [-0.15, -0.1) is 0 Å². The molecule has 1 aliphatic heterocycles. The third-order valence-electron chi connectivity index (χ3n) is 4.28. The van der Waals surface area contributed by atoms with Gasteiger partial charge in [0.25, 0.3) is 0 Å². The molecule has 112 valence electrons. The van der Waals surface area contributed by atoms with E-state index < -0.39 is 10.0 Å². The van der Waals surface area contributed by atoms with Gasteiger partial charge >= 0.3 is 0 Å². The van der Waals surface area contributed by atoms with Crippen LogP contribution >= 0.6 is 0 Å². The molecule has 1 aromatic carbocycles. The lowest BCUT2D eigenvalue weighted by molar-refractivity contribution is -0.114. The molecule has 1 saturated heterocycles. The minimum absolute atomic E-state index is 0.0188. The quantitative estimate of drug-likeness (QED) is 0.789. The zero-order valence-electron chi connectivity index (χ0n) is 12.1. The van der Waals surface area contributed by atoms with Crippen molar-refractivity contribution in [3.8, 4) is 0 Å². The summed E-state index contributed by atoms with van der Waals surface area (Å²) in [6.07, 6.45) is 4.10. The summed E-state index contributed by atoms with van der Waals surface area (Å²) in [7, 11) is -3.57. The molecule has 0 atom stereocenters. The molecule has 0 amide bonds. The van der Waals surface area contributed by atoms with E-state index >= 15 is 0 Å². The van der Waals surface area contributed by atoms with Crippen molar-refractivity contribution < 1.29 is 13.2 Å². The summed E-state index contributed by atoms with van der Waals surface area (Å²) in [6.45, 7) is 2.14. The average molecular weight is 305 g/mol. The zero-order valence-corrected chi connectivity index (χ0v) is 12.9. The summed E-state index contributed by atoms with van der Waals surface area (Å²) >= 11 is 0. The second kappa shape index (κ2) is 5.39. The molecule has 21 heavy (non-hydrogen) atoms. The number of allylic oxidation sites excluding steroid dienone is 1. The number of rotatable bonds is 2. The Morgan fingerprint density at radius 2 is 1.62 bits per heavy atom.